The standard InChI is InChI=1S/C11H23NO/c1-3-5-11(12-4-2)8-10-6-7-13-9-10/h10-12H,3-9H2,1-2H3. The van der Waals surface area contributed by atoms with E-state index in [4.69, 9.17) is 4.74 Å². The van der Waals surface area contributed by atoms with Crippen LogP contribution in [0.5, 0.6) is 0 Å². The Balaban J connectivity index is 2.19. The molecular weight excluding hydrogens is 162 g/mol. The molecule has 2 nitrogen and oxygen atoms in total. The van der Waals surface area contributed by atoms with Crippen LogP contribution in [-0.4, -0.2) is 25.8 Å². The van der Waals surface area contributed by atoms with Crippen molar-refractivity contribution < 1.29 is 4.74 Å². The van der Waals surface area contributed by atoms with E-state index in [1.54, 1.807) is 0 Å². The molecule has 0 aliphatic carbocycles. The van der Waals surface area contributed by atoms with Crippen LogP contribution in [0.4, 0.5) is 0 Å². The lowest BCUT2D eigenvalue weighted by Crippen LogP contribution is -2.31. The zero-order valence-electron chi connectivity index (χ0n) is 9.01. The van der Waals surface area contributed by atoms with Gasteiger partial charge in [0, 0.05) is 19.3 Å². The quantitative estimate of drug-likeness (QED) is 0.685. The van der Waals surface area contributed by atoms with Gasteiger partial charge in [0.05, 0.1) is 0 Å². The molecule has 1 fully saturated rings. The minimum atomic E-state index is 0.724. The molecule has 1 N–H and O–H groups in total. The third kappa shape index (κ3) is 4.10. The van der Waals surface area contributed by atoms with Crippen molar-refractivity contribution in [1.82, 2.24) is 5.32 Å². The van der Waals surface area contributed by atoms with Gasteiger partial charge >= 0.3 is 0 Å². The first-order valence-electron chi connectivity index (χ1n) is 5.68. The highest BCUT2D eigenvalue weighted by atomic mass is 16.5. The monoisotopic (exact) mass is 185 g/mol. The average Bonchev–Trinajstić information content (AvgIpc) is 2.58. The van der Waals surface area contributed by atoms with Crippen LogP contribution in [0.2, 0.25) is 0 Å². The lowest BCUT2D eigenvalue weighted by atomic mass is 9.96. The van der Waals surface area contributed by atoms with Gasteiger partial charge in [0.1, 0.15) is 0 Å². The summed E-state index contributed by atoms with van der Waals surface area (Å²) in [7, 11) is 0. The van der Waals surface area contributed by atoms with Gasteiger partial charge in [-0.15, -0.1) is 0 Å². The highest BCUT2D eigenvalue weighted by Gasteiger charge is 2.19. The minimum absolute atomic E-state index is 0.724. The maximum Gasteiger partial charge on any atom is 0.0495 e. The van der Waals surface area contributed by atoms with Gasteiger partial charge in [-0.3, -0.25) is 0 Å². The fourth-order valence-corrected chi connectivity index (χ4v) is 2.11. The van der Waals surface area contributed by atoms with Crippen molar-refractivity contribution in [3.8, 4) is 0 Å². The van der Waals surface area contributed by atoms with Crippen molar-refractivity contribution in [3.63, 3.8) is 0 Å². The average molecular weight is 185 g/mol. The Morgan fingerprint density at radius 3 is 2.85 bits per heavy atom. The molecule has 13 heavy (non-hydrogen) atoms. The molecule has 0 spiro atoms. The largest absolute Gasteiger partial charge is 0.381 e. The van der Waals surface area contributed by atoms with E-state index in [-0.39, 0.29) is 0 Å². The maximum atomic E-state index is 5.39. The van der Waals surface area contributed by atoms with Gasteiger partial charge in [0.2, 0.25) is 0 Å². The summed E-state index contributed by atoms with van der Waals surface area (Å²) in [4.78, 5) is 0. The van der Waals surface area contributed by atoms with E-state index in [9.17, 15) is 0 Å². The first-order chi connectivity index (χ1) is 6.36. The molecule has 1 aliphatic rings. The van der Waals surface area contributed by atoms with Crippen LogP contribution >= 0.6 is 0 Å². The molecule has 0 radical (unpaired) electrons. The van der Waals surface area contributed by atoms with Crippen molar-refractivity contribution in [2.75, 3.05) is 19.8 Å². The molecule has 0 amide bonds. The second-order valence-corrected chi connectivity index (χ2v) is 4.01. The van der Waals surface area contributed by atoms with Crippen molar-refractivity contribution in [3.05, 3.63) is 0 Å². The van der Waals surface area contributed by atoms with Crippen molar-refractivity contribution in [2.45, 2.75) is 45.6 Å². The molecule has 78 valence electrons. The van der Waals surface area contributed by atoms with Gasteiger partial charge < -0.3 is 10.1 Å². The molecule has 0 aromatic rings. The molecule has 0 aromatic carbocycles. The van der Waals surface area contributed by atoms with Gasteiger partial charge in [-0.25, -0.2) is 0 Å². The van der Waals surface area contributed by atoms with Crippen molar-refractivity contribution in [2.24, 2.45) is 5.92 Å². The Labute approximate surface area is 82.0 Å². The summed E-state index contributed by atoms with van der Waals surface area (Å²) < 4.78 is 5.39. The number of hydrogen-bond acceptors (Lipinski definition) is 2. The van der Waals surface area contributed by atoms with E-state index >= 15 is 0 Å². The molecule has 2 unspecified atom stereocenters. The van der Waals surface area contributed by atoms with Crippen LogP contribution < -0.4 is 5.32 Å². The lowest BCUT2D eigenvalue weighted by molar-refractivity contribution is 0.181. The Bertz CT molecular complexity index is 115. The van der Waals surface area contributed by atoms with Gasteiger partial charge in [0.25, 0.3) is 0 Å². The fraction of sp³-hybridized carbons (Fsp3) is 1.00. The Morgan fingerprint density at radius 2 is 2.31 bits per heavy atom. The lowest BCUT2D eigenvalue weighted by Gasteiger charge is -2.19. The SMILES string of the molecule is CCCC(CC1CCOC1)NCC. The third-order valence-electron chi connectivity index (χ3n) is 2.77. The second-order valence-electron chi connectivity index (χ2n) is 4.01. The highest BCUT2D eigenvalue weighted by Crippen LogP contribution is 2.19. The predicted octanol–water partition coefficient (Wildman–Crippen LogP) is 2.19. The van der Waals surface area contributed by atoms with Crippen molar-refractivity contribution in [1.29, 1.82) is 0 Å². The normalized spacial score (nSPS) is 24.9. The summed E-state index contributed by atoms with van der Waals surface area (Å²) in [5.41, 5.74) is 0. The van der Waals surface area contributed by atoms with Gasteiger partial charge in [0.15, 0.2) is 0 Å². The summed E-state index contributed by atoms with van der Waals surface area (Å²) in [6, 6.07) is 0.724. The van der Waals surface area contributed by atoms with E-state index in [0.717, 1.165) is 31.7 Å². The van der Waals surface area contributed by atoms with E-state index in [0.29, 0.717) is 0 Å². The smallest absolute Gasteiger partial charge is 0.0495 e. The highest BCUT2D eigenvalue weighted by molar-refractivity contribution is 4.73. The van der Waals surface area contributed by atoms with Crippen LogP contribution in [0, 0.1) is 5.92 Å². The second kappa shape index (κ2) is 6.39. The molecule has 1 aliphatic heterocycles. The summed E-state index contributed by atoms with van der Waals surface area (Å²) in [6.07, 6.45) is 5.17. The zero-order valence-corrected chi connectivity index (χ0v) is 9.01. The number of hydrogen-bond donors (Lipinski definition) is 1. The molecular formula is C11H23NO. The molecule has 0 saturated carbocycles. The Kier molecular flexibility index (Phi) is 5.40. The van der Waals surface area contributed by atoms with E-state index in [2.05, 4.69) is 19.2 Å². The van der Waals surface area contributed by atoms with Crippen LogP contribution in [0.15, 0.2) is 0 Å². The topological polar surface area (TPSA) is 21.3 Å². The summed E-state index contributed by atoms with van der Waals surface area (Å²) in [6.45, 7) is 7.52. The van der Waals surface area contributed by atoms with Gasteiger partial charge in [-0.2, -0.15) is 0 Å². The van der Waals surface area contributed by atoms with E-state index < -0.39 is 0 Å². The van der Waals surface area contributed by atoms with Crippen LogP contribution in [0.1, 0.15) is 39.5 Å². The molecule has 1 saturated heterocycles. The third-order valence-corrected chi connectivity index (χ3v) is 2.77. The van der Waals surface area contributed by atoms with Gasteiger partial charge in [-0.1, -0.05) is 20.3 Å². The zero-order chi connectivity index (χ0) is 9.52. The van der Waals surface area contributed by atoms with Crippen LogP contribution in [0.25, 0.3) is 0 Å². The molecule has 1 rings (SSSR count). The number of rotatable bonds is 6. The molecule has 1 heterocycles. The molecule has 0 aromatic heterocycles. The van der Waals surface area contributed by atoms with Crippen LogP contribution in [-0.2, 0) is 4.74 Å². The minimum Gasteiger partial charge on any atom is -0.381 e. The Hall–Kier alpha value is -0.0800. The van der Waals surface area contributed by atoms with E-state index in [1.165, 1.54) is 25.7 Å². The molecule has 2 heteroatoms. The molecule has 2 atom stereocenters. The summed E-state index contributed by atoms with van der Waals surface area (Å²) in [5, 5.41) is 3.55. The first-order valence-corrected chi connectivity index (χ1v) is 5.68. The maximum absolute atomic E-state index is 5.39. The number of ether oxygens (including phenoxy) is 1. The van der Waals surface area contributed by atoms with Gasteiger partial charge in [-0.05, 0) is 31.7 Å². The summed E-state index contributed by atoms with van der Waals surface area (Å²) in [5.74, 6) is 0.815. The van der Waals surface area contributed by atoms with Crippen LogP contribution in [0.3, 0.4) is 0 Å². The fourth-order valence-electron chi connectivity index (χ4n) is 2.11. The number of nitrogens with one attached hydrogen (secondary N) is 1. The predicted molar refractivity (Wildman–Crippen MR) is 55.9 cm³/mol. The summed E-state index contributed by atoms with van der Waals surface area (Å²) >= 11 is 0. The Morgan fingerprint density at radius 1 is 1.46 bits per heavy atom. The first kappa shape index (κ1) is 11.0. The van der Waals surface area contributed by atoms with E-state index in [1.807, 2.05) is 0 Å². The molecule has 0 bridgehead atoms. The van der Waals surface area contributed by atoms with Crippen molar-refractivity contribution >= 4 is 0 Å².